The predicted molar refractivity (Wildman–Crippen MR) is 123 cm³/mol. The van der Waals surface area contributed by atoms with Gasteiger partial charge in [-0.2, -0.15) is 11.8 Å². The standard InChI is InChI=1S/C23H36N4O2S/c28-22(18-25-11-8-19-5-1-2-6-20(19)16-25)15-24-23(29)27-9-3-7-21(17-27)26-10-4-13-30-14-12-26/h1-2,5-6,21-22,28H,3-4,7-18H2,(H,24,29)/t21?,22-/m0/s1. The number of piperidine rings is 1. The van der Waals surface area contributed by atoms with Gasteiger partial charge >= 0.3 is 6.03 Å². The normalized spacial score (nSPS) is 24.7. The van der Waals surface area contributed by atoms with E-state index < -0.39 is 6.10 Å². The van der Waals surface area contributed by atoms with E-state index in [0.717, 1.165) is 52.1 Å². The first kappa shape index (κ1) is 21.9. The van der Waals surface area contributed by atoms with Gasteiger partial charge in [-0.1, -0.05) is 24.3 Å². The van der Waals surface area contributed by atoms with Gasteiger partial charge < -0.3 is 15.3 Å². The van der Waals surface area contributed by atoms with Crippen LogP contribution < -0.4 is 5.32 Å². The molecule has 166 valence electrons. The maximum atomic E-state index is 12.7. The molecular weight excluding hydrogens is 396 g/mol. The lowest BCUT2D eigenvalue weighted by atomic mass is 10.00. The molecule has 1 unspecified atom stereocenters. The third kappa shape index (κ3) is 5.90. The molecule has 4 rings (SSSR count). The monoisotopic (exact) mass is 432 g/mol. The van der Waals surface area contributed by atoms with Gasteiger partial charge in [0, 0.05) is 57.6 Å². The smallest absolute Gasteiger partial charge is 0.317 e. The number of rotatable bonds is 5. The van der Waals surface area contributed by atoms with E-state index >= 15 is 0 Å². The van der Waals surface area contributed by atoms with Crippen molar-refractivity contribution in [3.8, 4) is 0 Å². The van der Waals surface area contributed by atoms with Crippen molar-refractivity contribution < 1.29 is 9.90 Å². The molecule has 0 bridgehead atoms. The lowest BCUT2D eigenvalue weighted by Crippen LogP contribution is -2.53. The molecule has 0 aromatic heterocycles. The molecule has 30 heavy (non-hydrogen) atoms. The number of aliphatic hydroxyl groups excluding tert-OH is 1. The molecule has 2 atom stereocenters. The van der Waals surface area contributed by atoms with Crippen LogP contribution in [-0.2, 0) is 13.0 Å². The number of aliphatic hydroxyl groups is 1. The van der Waals surface area contributed by atoms with Crippen molar-refractivity contribution in [1.82, 2.24) is 20.0 Å². The Balaban J connectivity index is 1.20. The summed E-state index contributed by atoms with van der Waals surface area (Å²) in [6, 6.07) is 9.00. The Labute approximate surface area is 185 Å². The first-order valence-corrected chi connectivity index (χ1v) is 12.7. The summed E-state index contributed by atoms with van der Waals surface area (Å²) in [5.41, 5.74) is 2.77. The molecule has 0 aliphatic carbocycles. The number of thioether (sulfide) groups is 1. The van der Waals surface area contributed by atoms with Crippen LogP contribution in [0.25, 0.3) is 0 Å². The average Bonchev–Trinajstić information content (AvgIpc) is 3.07. The molecule has 6 nitrogen and oxygen atoms in total. The zero-order chi connectivity index (χ0) is 20.8. The van der Waals surface area contributed by atoms with E-state index in [2.05, 4.69) is 39.4 Å². The summed E-state index contributed by atoms with van der Waals surface area (Å²) in [5.74, 6) is 2.46. The highest BCUT2D eigenvalue weighted by Gasteiger charge is 2.28. The summed E-state index contributed by atoms with van der Waals surface area (Å²) in [6.07, 6.45) is 3.99. The number of benzene rings is 1. The average molecular weight is 433 g/mol. The number of β-amino-alcohol motifs (C(OH)–C–C–N with tert-alkyl or cyclic N) is 1. The van der Waals surface area contributed by atoms with Crippen LogP contribution in [0.3, 0.4) is 0 Å². The van der Waals surface area contributed by atoms with Gasteiger partial charge in [0.05, 0.1) is 6.10 Å². The Morgan fingerprint density at radius 3 is 2.90 bits per heavy atom. The van der Waals surface area contributed by atoms with Crippen LogP contribution in [0, 0.1) is 0 Å². The Morgan fingerprint density at radius 2 is 2.00 bits per heavy atom. The van der Waals surface area contributed by atoms with E-state index in [1.165, 1.54) is 35.5 Å². The largest absolute Gasteiger partial charge is 0.390 e. The number of hydrogen-bond donors (Lipinski definition) is 2. The molecule has 3 heterocycles. The van der Waals surface area contributed by atoms with E-state index in [9.17, 15) is 9.90 Å². The summed E-state index contributed by atoms with van der Waals surface area (Å²) >= 11 is 2.05. The molecule has 0 saturated carbocycles. The molecule has 2 fully saturated rings. The number of carbonyl (C=O) groups excluding carboxylic acids is 1. The van der Waals surface area contributed by atoms with Gasteiger partial charge in [-0.05, 0) is 49.1 Å². The van der Waals surface area contributed by atoms with Gasteiger partial charge in [-0.3, -0.25) is 9.80 Å². The minimum absolute atomic E-state index is 0.0214. The molecule has 0 spiro atoms. The number of urea groups is 1. The van der Waals surface area contributed by atoms with Crippen molar-refractivity contribution in [1.29, 1.82) is 0 Å². The van der Waals surface area contributed by atoms with Crippen LogP contribution in [0.2, 0.25) is 0 Å². The highest BCUT2D eigenvalue weighted by atomic mass is 32.2. The lowest BCUT2D eigenvalue weighted by Gasteiger charge is -2.39. The van der Waals surface area contributed by atoms with E-state index in [1.54, 1.807) is 0 Å². The molecule has 3 aliphatic heterocycles. The van der Waals surface area contributed by atoms with E-state index in [4.69, 9.17) is 0 Å². The summed E-state index contributed by atoms with van der Waals surface area (Å²) in [5, 5.41) is 13.5. The lowest BCUT2D eigenvalue weighted by molar-refractivity contribution is 0.0955. The van der Waals surface area contributed by atoms with Gasteiger partial charge in [0.15, 0.2) is 0 Å². The van der Waals surface area contributed by atoms with E-state index in [1.807, 2.05) is 16.7 Å². The number of nitrogens with one attached hydrogen (secondary N) is 1. The number of nitrogens with zero attached hydrogens (tertiary/aromatic N) is 3. The molecule has 2 amide bonds. The second-order valence-electron chi connectivity index (χ2n) is 8.84. The van der Waals surface area contributed by atoms with Crippen LogP contribution in [-0.4, -0.2) is 95.3 Å². The predicted octanol–water partition coefficient (Wildman–Crippen LogP) is 2.02. The Kier molecular flexibility index (Phi) is 7.93. The molecule has 2 N–H and O–H groups in total. The van der Waals surface area contributed by atoms with Gasteiger partial charge in [0.1, 0.15) is 0 Å². The molecule has 1 aromatic carbocycles. The maximum absolute atomic E-state index is 12.7. The molecule has 7 heteroatoms. The van der Waals surface area contributed by atoms with Crippen LogP contribution in [0.15, 0.2) is 24.3 Å². The molecule has 1 aromatic rings. The fraction of sp³-hybridized carbons (Fsp3) is 0.696. The molecule has 2 saturated heterocycles. The summed E-state index contributed by atoms with van der Waals surface area (Å²) in [6.45, 7) is 6.70. The fourth-order valence-corrected chi connectivity index (χ4v) is 5.86. The fourth-order valence-electron chi connectivity index (χ4n) is 4.96. The first-order valence-electron chi connectivity index (χ1n) is 11.5. The number of likely N-dealkylation sites (tertiary alicyclic amines) is 1. The highest BCUT2D eigenvalue weighted by molar-refractivity contribution is 7.99. The van der Waals surface area contributed by atoms with Crippen LogP contribution in [0.5, 0.6) is 0 Å². The second kappa shape index (κ2) is 10.8. The Morgan fingerprint density at radius 1 is 1.13 bits per heavy atom. The minimum atomic E-state index is -0.539. The number of amides is 2. The SMILES string of the molecule is O=C(NC[C@H](O)CN1CCc2ccccc2C1)N1CCCC(N2CCCSCC2)C1. The van der Waals surface area contributed by atoms with E-state index in [0.29, 0.717) is 19.1 Å². The van der Waals surface area contributed by atoms with Crippen molar-refractivity contribution in [2.75, 3.05) is 57.3 Å². The molecule has 0 radical (unpaired) electrons. The summed E-state index contributed by atoms with van der Waals surface area (Å²) < 4.78 is 0. The van der Waals surface area contributed by atoms with Crippen LogP contribution in [0.1, 0.15) is 30.4 Å². The topological polar surface area (TPSA) is 59.1 Å². The zero-order valence-corrected chi connectivity index (χ0v) is 18.8. The number of fused-ring (bicyclic) bond motifs is 1. The summed E-state index contributed by atoms with van der Waals surface area (Å²) in [7, 11) is 0. The minimum Gasteiger partial charge on any atom is -0.390 e. The van der Waals surface area contributed by atoms with Gasteiger partial charge in [-0.15, -0.1) is 0 Å². The number of carbonyl (C=O) groups is 1. The first-order chi connectivity index (χ1) is 14.7. The zero-order valence-electron chi connectivity index (χ0n) is 18.0. The number of hydrogen-bond acceptors (Lipinski definition) is 5. The quantitative estimate of drug-likeness (QED) is 0.746. The van der Waals surface area contributed by atoms with Gasteiger partial charge in [-0.25, -0.2) is 4.79 Å². The molecular formula is C23H36N4O2S. The third-order valence-corrected chi connectivity index (χ3v) is 7.67. The van der Waals surface area contributed by atoms with Crippen molar-refractivity contribution in [3.63, 3.8) is 0 Å². The van der Waals surface area contributed by atoms with Gasteiger partial charge in [0.2, 0.25) is 0 Å². The Bertz CT molecular complexity index is 696. The van der Waals surface area contributed by atoms with Crippen molar-refractivity contribution in [3.05, 3.63) is 35.4 Å². The second-order valence-corrected chi connectivity index (χ2v) is 10.1. The van der Waals surface area contributed by atoms with Crippen molar-refractivity contribution in [2.24, 2.45) is 0 Å². The maximum Gasteiger partial charge on any atom is 0.317 e. The highest BCUT2D eigenvalue weighted by Crippen LogP contribution is 2.20. The van der Waals surface area contributed by atoms with E-state index in [-0.39, 0.29) is 6.03 Å². The van der Waals surface area contributed by atoms with Crippen molar-refractivity contribution in [2.45, 2.75) is 44.4 Å². The van der Waals surface area contributed by atoms with Crippen LogP contribution >= 0.6 is 11.8 Å². The van der Waals surface area contributed by atoms with Crippen LogP contribution in [0.4, 0.5) is 4.79 Å². The summed E-state index contributed by atoms with van der Waals surface area (Å²) in [4.78, 5) is 19.5. The van der Waals surface area contributed by atoms with Crippen molar-refractivity contribution >= 4 is 17.8 Å². The Hall–Kier alpha value is -1.28. The third-order valence-electron chi connectivity index (χ3n) is 6.62. The van der Waals surface area contributed by atoms with Gasteiger partial charge in [0.25, 0.3) is 0 Å². The molecule has 3 aliphatic rings.